The van der Waals surface area contributed by atoms with Gasteiger partial charge in [-0.05, 0) is 172 Å². The van der Waals surface area contributed by atoms with Gasteiger partial charge >= 0.3 is 0 Å². The Balaban J connectivity index is 0.900. The normalized spacial score (nSPS) is 16.7. The topological polar surface area (TPSA) is 3.24 Å². The fourth-order valence-electron chi connectivity index (χ4n) is 15.2. The molecule has 0 saturated heterocycles. The molecule has 0 aromatic heterocycles. The molecule has 0 N–H and O–H groups in total. The zero-order valence-electron chi connectivity index (χ0n) is 41.5. The number of nitrogens with zero attached hydrogens (tertiary/aromatic N) is 1. The molecule has 1 atom stereocenters. The van der Waals surface area contributed by atoms with Gasteiger partial charge in [-0.15, -0.1) is 0 Å². The Kier molecular flexibility index (Phi) is 8.55. The van der Waals surface area contributed by atoms with E-state index in [2.05, 4.69) is 267 Å². The molecule has 1 heteroatoms. The maximum Gasteiger partial charge on any atom is 0.0726 e. The van der Waals surface area contributed by atoms with Crippen molar-refractivity contribution in [3.05, 3.63) is 304 Å². The van der Waals surface area contributed by atoms with Gasteiger partial charge in [-0.3, -0.25) is 0 Å². The van der Waals surface area contributed by atoms with Crippen LogP contribution in [0, 0.1) is 0 Å². The molecule has 1 nitrogen and oxygen atoms in total. The van der Waals surface area contributed by atoms with E-state index in [9.17, 15) is 0 Å². The van der Waals surface area contributed by atoms with E-state index in [-0.39, 0.29) is 10.8 Å². The van der Waals surface area contributed by atoms with Crippen LogP contribution in [0.25, 0.3) is 66.8 Å². The van der Waals surface area contributed by atoms with Gasteiger partial charge in [0.2, 0.25) is 0 Å². The van der Waals surface area contributed by atoms with E-state index in [1.54, 1.807) is 0 Å². The highest BCUT2D eigenvalue weighted by molar-refractivity contribution is 5.98. The summed E-state index contributed by atoms with van der Waals surface area (Å²) in [4.78, 5) is 2.54. The molecule has 16 rings (SSSR count). The predicted molar refractivity (Wildman–Crippen MR) is 306 cm³/mol. The molecule has 0 fully saturated rings. The van der Waals surface area contributed by atoms with E-state index in [1.807, 2.05) is 0 Å². The summed E-state index contributed by atoms with van der Waals surface area (Å²) in [5, 5.41) is 0. The smallest absolute Gasteiger partial charge is 0.0726 e. The third-order valence-electron chi connectivity index (χ3n) is 18.1. The van der Waals surface area contributed by atoms with Crippen molar-refractivity contribution in [3.63, 3.8) is 0 Å². The summed E-state index contributed by atoms with van der Waals surface area (Å²) < 4.78 is 0. The largest absolute Gasteiger partial charge is 0.310 e. The molecule has 11 aromatic rings. The molecule has 0 bridgehead atoms. The summed E-state index contributed by atoms with van der Waals surface area (Å²) in [5.74, 6) is 0. The maximum atomic E-state index is 2.55. The number of anilines is 3. The molecule has 0 aliphatic heterocycles. The fourth-order valence-corrected chi connectivity index (χ4v) is 15.2. The summed E-state index contributed by atoms with van der Waals surface area (Å²) in [6.45, 7) is 4.78. The molecule has 2 spiro atoms. The number of fused-ring (bicyclic) bond motifs is 20. The van der Waals surface area contributed by atoms with E-state index < -0.39 is 5.41 Å². The third kappa shape index (κ3) is 5.33. The minimum absolute atomic E-state index is 0.130. The maximum absolute atomic E-state index is 2.55. The Bertz CT molecular complexity index is 4120. The van der Waals surface area contributed by atoms with Crippen molar-refractivity contribution in [1.29, 1.82) is 0 Å². The Morgan fingerprint density at radius 2 is 0.703 bits per heavy atom. The second-order valence-electron chi connectivity index (χ2n) is 21.8. The van der Waals surface area contributed by atoms with Gasteiger partial charge in [0.05, 0.1) is 5.41 Å². The number of aryl methyl sites for hydroxylation is 1. The molecule has 0 amide bonds. The molecule has 0 saturated carbocycles. The predicted octanol–water partition coefficient (Wildman–Crippen LogP) is 18.4. The summed E-state index contributed by atoms with van der Waals surface area (Å²) >= 11 is 0. The van der Waals surface area contributed by atoms with E-state index in [0.29, 0.717) is 0 Å². The van der Waals surface area contributed by atoms with Crippen LogP contribution in [-0.2, 0) is 22.7 Å². The van der Waals surface area contributed by atoms with Gasteiger partial charge in [-0.2, -0.15) is 0 Å². The van der Waals surface area contributed by atoms with Crippen molar-refractivity contribution >= 4 is 17.1 Å². The van der Waals surface area contributed by atoms with Crippen LogP contribution < -0.4 is 4.90 Å². The van der Waals surface area contributed by atoms with Gasteiger partial charge in [0.1, 0.15) is 0 Å². The first-order chi connectivity index (χ1) is 36.5. The highest BCUT2D eigenvalue weighted by Crippen LogP contribution is 2.64. The standard InChI is InChI=1S/C73H51N/c1-71(2)63-29-12-6-25-57(63)61-27-17-26-60(70(61)71)52-20-5-4-19-51(52)46-34-36-48(37-35-46)74(49-38-40-58-53-21-7-13-30-64(53)72(68(58)44-49)43-42-47-18-3-11-28-62(47)72)50-39-41-59-56-24-10-16-33-67(56)73(69(59)45-50)65-31-14-8-22-54(65)55-23-9-15-32-66(55)73/h3-41,44-45H,42-43H2,1-2H3. The first kappa shape index (κ1) is 41.8. The number of rotatable bonds is 5. The Morgan fingerprint density at radius 3 is 1.31 bits per heavy atom. The molecular weight excluding hydrogens is 891 g/mol. The van der Waals surface area contributed by atoms with E-state index in [1.165, 1.54) is 122 Å². The lowest BCUT2D eigenvalue weighted by atomic mass is 9.70. The van der Waals surface area contributed by atoms with Crippen LogP contribution >= 0.6 is 0 Å². The summed E-state index contributed by atoms with van der Waals surface area (Å²) in [6, 6.07) is 94.8. The first-order valence-electron chi connectivity index (χ1n) is 26.5. The van der Waals surface area contributed by atoms with E-state index in [4.69, 9.17) is 0 Å². The first-order valence-corrected chi connectivity index (χ1v) is 26.5. The summed E-state index contributed by atoms with van der Waals surface area (Å²) in [7, 11) is 0. The van der Waals surface area contributed by atoms with Crippen molar-refractivity contribution in [1.82, 2.24) is 0 Å². The monoisotopic (exact) mass is 941 g/mol. The average molecular weight is 942 g/mol. The molecule has 74 heavy (non-hydrogen) atoms. The van der Waals surface area contributed by atoms with Gasteiger partial charge in [-0.1, -0.05) is 226 Å². The van der Waals surface area contributed by atoms with Crippen molar-refractivity contribution in [3.8, 4) is 66.8 Å². The SMILES string of the molecule is CC1(C)c2ccccc2-c2cccc(-c3ccccc3-c3ccc(N(c4ccc5c(c4)C4(CCc6ccccc64)c4ccccc4-5)c4ccc5c(c4)C4(c6ccccc6-c6ccccc64)c4ccccc4-5)cc3)c21. The Morgan fingerprint density at radius 1 is 0.297 bits per heavy atom. The van der Waals surface area contributed by atoms with Crippen LogP contribution in [-0.4, -0.2) is 0 Å². The van der Waals surface area contributed by atoms with Crippen molar-refractivity contribution in [2.45, 2.75) is 42.9 Å². The number of hydrogen-bond donors (Lipinski definition) is 0. The lowest BCUT2D eigenvalue weighted by molar-refractivity contribution is 0.626. The van der Waals surface area contributed by atoms with Gasteiger partial charge in [0, 0.05) is 27.9 Å². The number of benzene rings is 11. The summed E-state index contributed by atoms with van der Waals surface area (Å²) in [5.41, 5.74) is 32.2. The van der Waals surface area contributed by atoms with Gasteiger partial charge < -0.3 is 4.90 Å². The van der Waals surface area contributed by atoms with Gasteiger partial charge in [0.25, 0.3) is 0 Å². The van der Waals surface area contributed by atoms with Gasteiger partial charge in [0.15, 0.2) is 0 Å². The van der Waals surface area contributed by atoms with Crippen molar-refractivity contribution in [2.75, 3.05) is 4.90 Å². The van der Waals surface area contributed by atoms with E-state index in [0.717, 1.165) is 29.9 Å². The van der Waals surface area contributed by atoms with Crippen molar-refractivity contribution < 1.29 is 0 Å². The second-order valence-corrected chi connectivity index (χ2v) is 21.8. The average Bonchev–Trinajstić information content (AvgIpc) is 4.24. The van der Waals surface area contributed by atoms with Crippen molar-refractivity contribution in [2.24, 2.45) is 0 Å². The molecule has 348 valence electrons. The highest BCUT2D eigenvalue weighted by Gasteiger charge is 2.52. The molecule has 0 radical (unpaired) electrons. The lowest BCUT2D eigenvalue weighted by Crippen LogP contribution is -2.26. The van der Waals surface area contributed by atoms with Crippen LogP contribution in [0.5, 0.6) is 0 Å². The molecule has 11 aromatic carbocycles. The minimum atomic E-state index is -0.459. The van der Waals surface area contributed by atoms with Crippen LogP contribution in [0.3, 0.4) is 0 Å². The molecule has 5 aliphatic rings. The lowest BCUT2D eigenvalue weighted by Gasteiger charge is -2.33. The molecular formula is C73H51N. The van der Waals surface area contributed by atoms with Crippen LogP contribution in [0.2, 0.25) is 0 Å². The molecule has 5 aliphatic carbocycles. The zero-order chi connectivity index (χ0) is 48.9. The zero-order valence-corrected chi connectivity index (χ0v) is 41.5. The fraction of sp³-hybridized carbons (Fsp3) is 0.0959. The molecule has 1 unspecified atom stereocenters. The van der Waals surface area contributed by atoms with Crippen LogP contribution in [0.1, 0.15) is 75.9 Å². The highest BCUT2D eigenvalue weighted by atomic mass is 15.1. The van der Waals surface area contributed by atoms with Gasteiger partial charge in [-0.25, -0.2) is 0 Å². The minimum Gasteiger partial charge on any atom is -0.310 e. The van der Waals surface area contributed by atoms with Crippen LogP contribution in [0.4, 0.5) is 17.1 Å². The van der Waals surface area contributed by atoms with Crippen LogP contribution in [0.15, 0.2) is 249 Å². The summed E-state index contributed by atoms with van der Waals surface area (Å²) in [6.07, 6.45) is 2.12. The quantitative estimate of drug-likeness (QED) is 0.166. The van der Waals surface area contributed by atoms with E-state index >= 15 is 0 Å². The number of hydrogen-bond acceptors (Lipinski definition) is 1. The Labute approximate surface area is 433 Å². The third-order valence-corrected chi connectivity index (χ3v) is 18.1. The second kappa shape index (κ2) is 15.1. The molecule has 0 heterocycles. The Hall–Kier alpha value is -8.78.